The highest BCUT2D eigenvalue weighted by atomic mass is 16.4. The van der Waals surface area contributed by atoms with E-state index in [0.717, 1.165) is 25.7 Å². The van der Waals surface area contributed by atoms with Crippen LogP contribution in [0.2, 0.25) is 0 Å². The van der Waals surface area contributed by atoms with Gasteiger partial charge in [-0.15, -0.1) is 0 Å². The number of carbonyl (C=O) groups is 2. The van der Waals surface area contributed by atoms with Gasteiger partial charge in [-0.3, -0.25) is 14.3 Å². The third-order valence-corrected chi connectivity index (χ3v) is 5.32. The van der Waals surface area contributed by atoms with Crippen molar-refractivity contribution in [2.24, 2.45) is 0 Å². The average molecular weight is 343 g/mol. The molecule has 3 amide bonds. The van der Waals surface area contributed by atoms with Gasteiger partial charge in [0.1, 0.15) is 5.54 Å². The molecule has 1 aliphatic carbocycles. The summed E-state index contributed by atoms with van der Waals surface area (Å²) in [6, 6.07) is 6.78. The summed E-state index contributed by atoms with van der Waals surface area (Å²) >= 11 is 0. The van der Waals surface area contributed by atoms with Crippen LogP contribution in [0.15, 0.2) is 33.5 Å². The Morgan fingerprint density at radius 2 is 1.72 bits per heavy atom. The lowest BCUT2D eigenvalue weighted by Gasteiger charge is -2.24. The van der Waals surface area contributed by atoms with Gasteiger partial charge in [-0.1, -0.05) is 37.8 Å². The van der Waals surface area contributed by atoms with Crippen molar-refractivity contribution >= 4 is 23.0 Å². The van der Waals surface area contributed by atoms with Crippen molar-refractivity contribution in [1.82, 2.24) is 14.8 Å². The minimum atomic E-state index is -0.739. The number of nitrogens with zero attached hydrogens (tertiary/aromatic N) is 2. The van der Waals surface area contributed by atoms with Gasteiger partial charge in [-0.25, -0.2) is 9.59 Å². The summed E-state index contributed by atoms with van der Waals surface area (Å²) in [4.78, 5) is 38.5. The minimum absolute atomic E-state index is 0.153. The molecule has 1 aromatic carbocycles. The first-order valence-corrected chi connectivity index (χ1v) is 8.83. The summed E-state index contributed by atoms with van der Waals surface area (Å²) in [5.74, 6) is -0.627. The minimum Gasteiger partial charge on any atom is -0.408 e. The molecule has 2 aliphatic rings. The van der Waals surface area contributed by atoms with Crippen LogP contribution >= 0.6 is 0 Å². The lowest BCUT2D eigenvalue weighted by molar-refractivity contribution is -0.131. The lowest BCUT2D eigenvalue weighted by atomic mass is 9.90. The van der Waals surface area contributed by atoms with Crippen molar-refractivity contribution in [3.8, 4) is 0 Å². The number of fused-ring (bicyclic) bond motifs is 1. The largest absolute Gasteiger partial charge is 0.420 e. The molecule has 7 nitrogen and oxygen atoms in total. The number of para-hydroxylation sites is 2. The van der Waals surface area contributed by atoms with Crippen LogP contribution in [0.1, 0.15) is 38.5 Å². The molecule has 1 saturated carbocycles. The zero-order chi connectivity index (χ0) is 17.4. The maximum absolute atomic E-state index is 12.9. The fraction of sp³-hybridized carbons (Fsp3) is 0.500. The monoisotopic (exact) mass is 343 g/mol. The number of aromatic nitrogens is 1. The Morgan fingerprint density at radius 3 is 2.48 bits per heavy atom. The van der Waals surface area contributed by atoms with Crippen LogP contribution in [-0.2, 0) is 11.3 Å². The first-order valence-electron chi connectivity index (χ1n) is 8.83. The van der Waals surface area contributed by atoms with Gasteiger partial charge in [-0.2, -0.15) is 0 Å². The van der Waals surface area contributed by atoms with Crippen LogP contribution in [-0.4, -0.2) is 33.5 Å². The molecule has 0 unspecified atom stereocenters. The number of benzene rings is 1. The molecule has 1 aliphatic heterocycles. The molecule has 7 heteroatoms. The second-order valence-electron chi connectivity index (χ2n) is 6.87. The Bertz CT molecular complexity index is 874. The molecule has 2 heterocycles. The van der Waals surface area contributed by atoms with E-state index in [0.29, 0.717) is 23.9 Å². The second-order valence-corrected chi connectivity index (χ2v) is 6.87. The van der Waals surface area contributed by atoms with Crippen molar-refractivity contribution in [1.29, 1.82) is 0 Å². The standard InChI is InChI=1S/C18H21N3O4/c22-15-18(9-5-1-2-6-10-18)19-16(23)21(15)12-11-20-13-7-3-4-8-14(13)25-17(20)24/h3-4,7-8H,1-2,5-6,9-12H2,(H,19,23). The SMILES string of the molecule is O=C1NC2(CCCCCC2)C(=O)N1CCn1c(=O)oc2ccccc21. The molecule has 1 N–H and O–H groups in total. The van der Waals surface area contributed by atoms with Crippen molar-refractivity contribution in [3.63, 3.8) is 0 Å². The number of oxazole rings is 1. The number of rotatable bonds is 3. The summed E-state index contributed by atoms with van der Waals surface area (Å²) in [6.07, 6.45) is 5.49. The Hall–Kier alpha value is -2.57. The predicted molar refractivity (Wildman–Crippen MR) is 91.2 cm³/mol. The van der Waals surface area contributed by atoms with E-state index in [1.54, 1.807) is 18.2 Å². The highest BCUT2D eigenvalue weighted by molar-refractivity contribution is 6.07. The molecule has 1 spiro atoms. The zero-order valence-electron chi connectivity index (χ0n) is 14.0. The van der Waals surface area contributed by atoms with Gasteiger partial charge in [0.25, 0.3) is 5.91 Å². The number of hydrogen-bond acceptors (Lipinski definition) is 4. The van der Waals surface area contributed by atoms with Gasteiger partial charge in [0.2, 0.25) is 0 Å². The Labute approximate surface area is 144 Å². The average Bonchev–Trinajstić information content (AvgIpc) is 2.90. The third kappa shape index (κ3) is 2.63. The highest BCUT2D eigenvalue weighted by Crippen LogP contribution is 2.32. The number of amides is 3. The van der Waals surface area contributed by atoms with Crippen molar-refractivity contribution in [2.45, 2.75) is 50.6 Å². The van der Waals surface area contributed by atoms with E-state index in [1.165, 1.54) is 9.47 Å². The van der Waals surface area contributed by atoms with E-state index >= 15 is 0 Å². The number of urea groups is 1. The maximum atomic E-state index is 12.9. The summed E-state index contributed by atoms with van der Waals surface area (Å²) < 4.78 is 6.66. The van der Waals surface area contributed by atoms with E-state index in [2.05, 4.69) is 5.32 Å². The van der Waals surface area contributed by atoms with E-state index in [1.807, 2.05) is 6.07 Å². The number of nitrogens with one attached hydrogen (secondary N) is 1. The fourth-order valence-electron chi connectivity index (χ4n) is 3.98. The molecule has 25 heavy (non-hydrogen) atoms. The molecule has 4 rings (SSSR count). The number of hydrogen-bond donors (Lipinski definition) is 1. The summed E-state index contributed by atoms with van der Waals surface area (Å²) in [6.45, 7) is 0.390. The van der Waals surface area contributed by atoms with Gasteiger partial charge in [0.15, 0.2) is 5.58 Å². The molecular formula is C18H21N3O4. The third-order valence-electron chi connectivity index (χ3n) is 5.32. The molecule has 0 radical (unpaired) electrons. The fourth-order valence-corrected chi connectivity index (χ4v) is 3.98. The van der Waals surface area contributed by atoms with Gasteiger partial charge < -0.3 is 9.73 Å². The second kappa shape index (κ2) is 6.06. The quantitative estimate of drug-likeness (QED) is 0.866. The summed E-state index contributed by atoms with van der Waals surface area (Å²) in [5, 5.41) is 2.92. The molecule has 2 aromatic rings. The zero-order valence-corrected chi connectivity index (χ0v) is 14.0. The molecule has 0 bridgehead atoms. The van der Waals surface area contributed by atoms with E-state index in [-0.39, 0.29) is 25.0 Å². The Morgan fingerprint density at radius 1 is 1.00 bits per heavy atom. The highest BCUT2D eigenvalue weighted by Gasteiger charge is 2.50. The van der Waals surface area contributed by atoms with E-state index < -0.39 is 11.3 Å². The van der Waals surface area contributed by atoms with Crippen LogP contribution in [0.5, 0.6) is 0 Å². The van der Waals surface area contributed by atoms with Crippen LogP contribution in [0.25, 0.3) is 11.1 Å². The Kier molecular flexibility index (Phi) is 3.86. The van der Waals surface area contributed by atoms with E-state index in [4.69, 9.17) is 4.42 Å². The van der Waals surface area contributed by atoms with Crippen LogP contribution < -0.4 is 11.1 Å². The summed E-state index contributed by atoms with van der Waals surface area (Å²) in [5.41, 5.74) is 0.436. The van der Waals surface area contributed by atoms with Crippen molar-refractivity contribution < 1.29 is 14.0 Å². The maximum Gasteiger partial charge on any atom is 0.420 e. The summed E-state index contributed by atoms with van der Waals surface area (Å²) in [7, 11) is 0. The Balaban J connectivity index is 1.54. The molecule has 132 valence electrons. The molecule has 2 fully saturated rings. The number of carbonyl (C=O) groups excluding carboxylic acids is 2. The van der Waals surface area contributed by atoms with Gasteiger partial charge in [-0.05, 0) is 25.0 Å². The van der Waals surface area contributed by atoms with Crippen molar-refractivity contribution in [2.75, 3.05) is 6.54 Å². The smallest absolute Gasteiger partial charge is 0.408 e. The van der Waals surface area contributed by atoms with Crippen LogP contribution in [0, 0.1) is 0 Å². The first-order chi connectivity index (χ1) is 12.1. The number of imide groups is 1. The molecular weight excluding hydrogens is 322 g/mol. The first kappa shape index (κ1) is 15.9. The normalized spacial score (nSPS) is 20.2. The topological polar surface area (TPSA) is 84.5 Å². The van der Waals surface area contributed by atoms with Gasteiger partial charge >= 0.3 is 11.8 Å². The van der Waals surface area contributed by atoms with E-state index in [9.17, 15) is 14.4 Å². The van der Waals surface area contributed by atoms with Crippen LogP contribution in [0.4, 0.5) is 4.79 Å². The molecule has 1 saturated heterocycles. The lowest BCUT2D eigenvalue weighted by Crippen LogP contribution is -2.46. The molecule has 1 aromatic heterocycles. The van der Waals surface area contributed by atoms with Crippen molar-refractivity contribution in [3.05, 3.63) is 34.8 Å². The van der Waals surface area contributed by atoms with Gasteiger partial charge in [0.05, 0.1) is 5.52 Å². The van der Waals surface area contributed by atoms with Crippen LogP contribution in [0.3, 0.4) is 0 Å². The van der Waals surface area contributed by atoms with Gasteiger partial charge in [0, 0.05) is 13.1 Å². The predicted octanol–water partition coefficient (Wildman–Crippen LogP) is 2.24. The molecule has 0 atom stereocenters.